The highest BCUT2D eigenvalue weighted by Gasteiger charge is 2.10. The Morgan fingerprint density at radius 3 is 2.79 bits per heavy atom. The highest BCUT2D eigenvalue weighted by Crippen LogP contribution is 2.28. The lowest BCUT2D eigenvalue weighted by Crippen LogP contribution is -2.14. The molecule has 0 atom stereocenters. The molecule has 0 spiro atoms. The van der Waals surface area contributed by atoms with Crippen molar-refractivity contribution in [3.05, 3.63) is 36.5 Å². The average Bonchev–Trinajstić information content (AvgIpc) is 2.84. The van der Waals surface area contributed by atoms with Gasteiger partial charge in [-0.2, -0.15) is 5.10 Å². The molecule has 0 unspecified atom stereocenters. The smallest absolute Gasteiger partial charge is 0.344 e. The first kappa shape index (κ1) is 13.1. The van der Waals surface area contributed by atoms with E-state index in [-0.39, 0.29) is 12.6 Å². The molecule has 1 aromatic carbocycles. The van der Waals surface area contributed by atoms with Crippen molar-refractivity contribution in [2.75, 3.05) is 13.2 Å². The lowest BCUT2D eigenvalue weighted by Gasteiger charge is -2.09. The highest BCUT2D eigenvalue weighted by molar-refractivity contribution is 5.72. The van der Waals surface area contributed by atoms with Crippen molar-refractivity contribution in [3.63, 3.8) is 0 Å². The number of para-hydroxylation sites is 1. The van der Waals surface area contributed by atoms with Crippen molar-refractivity contribution in [2.24, 2.45) is 7.05 Å². The van der Waals surface area contributed by atoms with E-state index in [4.69, 9.17) is 9.47 Å². The largest absolute Gasteiger partial charge is 0.481 e. The molecule has 5 nitrogen and oxygen atoms in total. The van der Waals surface area contributed by atoms with Crippen LogP contribution >= 0.6 is 0 Å². The molecule has 100 valence electrons. The van der Waals surface area contributed by atoms with Gasteiger partial charge in [0.15, 0.2) is 6.61 Å². The number of hydrogen-bond acceptors (Lipinski definition) is 4. The van der Waals surface area contributed by atoms with Crippen molar-refractivity contribution in [3.8, 4) is 17.0 Å². The first-order valence-electron chi connectivity index (χ1n) is 6.08. The fourth-order valence-electron chi connectivity index (χ4n) is 1.70. The average molecular weight is 260 g/mol. The van der Waals surface area contributed by atoms with Crippen LogP contribution in [0.5, 0.6) is 5.75 Å². The number of carbonyl (C=O) groups excluding carboxylic acids is 1. The summed E-state index contributed by atoms with van der Waals surface area (Å²) in [6.45, 7) is 2.02. The number of benzene rings is 1. The van der Waals surface area contributed by atoms with Crippen molar-refractivity contribution in [1.82, 2.24) is 9.78 Å². The third-order valence-electron chi connectivity index (χ3n) is 2.53. The zero-order chi connectivity index (χ0) is 13.7. The third kappa shape index (κ3) is 3.34. The number of rotatable bonds is 5. The Morgan fingerprint density at radius 1 is 1.32 bits per heavy atom. The molecule has 0 N–H and O–H groups in total. The maximum atomic E-state index is 11.3. The molecular formula is C14H16N2O3. The molecule has 0 fully saturated rings. The van der Waals surface area contributed by atoms with Gasteiger partial charge in [0.05, 0.1) is 12.3 Å². The van der Waals surface area contributed by atoms with Crippen LogP contribution < -0.4 is 4.74 Å². The SMILES string of the molecule is CCOC(=O)COc1ccccc1-c1ccn(C)n1. The maximum absolute atomic E-state index is 11.3. The van der Waals surface area contributed by atoms with E-state index in [0.717, 1.165) is 11.3 Å². The molecule has 0 saturated heterocycles. The van der Waals surface area contributed by atoms with Gasteiger partial charge in [0, 0.05) is 18.8 Å². The van der Waals surface area contributed by atoms with Crippen LogP contribution in [-0.4, -0.2) is 29.0 Å². The predicted octanol–water partition coefficient (Wildman–Crippen LogP) is 2.03. The van der Waals surface area contributed by atoms with Gasteiger partial charge in [-0.05, 0) is 25.1 Å². The van der Waals surface area contributed by atoms with E-state index < -0.39 is 0 Å². The molecule has 0 bridgehead atoms. The van der Waals surface area contributed by atoms with Crippen molar-refractivity contribution in [1.29, 1.82) is 0 Å². The van der Waals surface area contributed by atoms with E-state index in [2.05, 4.69) is 5.10 Å². The fourth-order valence-corrected chi connectivity index (χ4v) is 1.70. The zero-order valence-corrected chi connectivity index (χ0v) is 11.0. The van der Waals surface area contributed by atoms with E-state index in [1.54, 1.807) is 11.6 Å². The Labute approximate surface area is 111 Å². The number of ether oxygens (including phenoxy) is 2. The first-order chi connectivity index (χ1) is 9.20. The molecule has 0 aliphatic carbocycles. The Hall–Kier alpha value is -2.30. The normalized spacial score (nSPS) is 10.2. The quantitative estimate of drug-likeness (QED) is 0.772. The molecule has 2 aromatic rings. The second-order valence-electron chi connectivity index (χ2n) is 3.96. The standard InChI is InChI=1S/C14H16N2O3/c1-3-18-14(17)10-19-13-7-5-4-6-11(13)12-8-9-16(2)15-12/h4-9H,3,10H2,1-2H3. The summed E-state index contributed by atoms with van der Waals surface area (Å²) in [6, 6.07) is 9.37. The molecule has 1 heterocycles. The maximum Gasteiger partial charge on any atom is 0.344 e. The zero-order valence-electron chi connectivity index (χ0n) is 11.0. The monoisotopic (exact) mass is 260 g/mol. The second-order valence-corrected chi connectivity index (χ2v) is 3.96. The molecular weight excluding hydrogens is 244 g/mol. The molecule has 0 aliphatic rings. The third-order valence-corrected chi connectivity index (χ3v) is 2.53. The summed E-state index contributed by atoms with van der Waals surface area (Å²) >= 11 is 0. The van der Waals surface area contributed by atoms with Gasteiger partial charge < -0.3 is 9.47 Å². The molecule has 0 saturated carbocycles. The van der Waals surface area contributed by atoms with Gasteiger partial charge in [0.25, 0.3) is 0 Å². The van der Waals surface area contributed by atoms with Crippen LogP contribution in [0.2, 0.25) is 0 Å². The van der Waals surface area contributed by atoms with Crippen LogP contribution in [0.3, 0.4) is 0 Å². The number of carbonyl (C=O) groups is 1. The van der Waals surface area contributed by atoms with Crippen molar-refractivity contribution < 1.29 is 14.3 Å². The summed E-state index contributed by atoms with van der Waals surface area (Å²) in [5.74, 6) is 0.243. The van der Waals surface area contributed by atoms with Crippen molar-refractivity contribution >= 4 is 5.97 Å². The number of aryl methyl sites for hydroxylation is 1. The second kappa shape index (κ2) is 6.04. The lowest BCUT2D eigenvalue weighted by atomic mass is 10.1. The summed E-state index contributed by atoms with van der Waals surface area (Å²) in [5, 5.41) is 4.33. The summed E-state index contributed by atoms with van der Waals surface area (Å²) < 4.78 is 12.0. The molecule has 2 rings (SSSR count). The van der Waals surface area contributed by atoms with Gasteiger partial charge in [-0.15, -0.1) is 0 Å². The van der Waals surface area contributed by atoms with Crippen LogP contribution in [0, 0.1) is 0 Å². The molecule has 5 heteroatoms. The lowest BCUT2D eigenvalue weighted by molar-refractivity contribution is -0.145. The van der Waals surface area contributed by atoms with Crippen LogP contribution in [0.25, 0.3) is 11.3 Å². The van der Waals surface area contributed by atoms with Gasteiger partial charge in [-0.3, -0.25) is 4.68 Å². The molecule has 0 radical (unpaired) electrons. The van der Waals surface area contributed by atoms with Gasteiger partial charge in [0.2, 0.25) is 0 Å². The minimum Gasteiger partial charge on any atom is -0.481 e. The Bertz CT molecular complexity index is 563. The van der Waals surface area contributed by atoms with Crippen LogP contribution in [-0.2, 0) is 16.6 Å². The highest BCUT2D eigenvalue weighted by atomic mass is 16.6. The van der Waals surface area contributed by atoms with Gasteiger partial charge >= 0.3 is 5.97 Å². The van der Waals surface area contributed by atoms with Gasteiger partial charge in [-0.1, -0.05) is 12.1 Å². The van der Waals surface area contributed by atoms with Crippen LogP contribution in [0.4, 0.5) is 0 Å². The van der Waals surface area contributed by atoms with E-state index in [0.29, 0.717) is 12.4 Å². The molecule has 1 aromatic heterocycles. The molecule has 0 amide bonds. The van der Waals surface area contributed by atoms with Crippen molar-refractivity contribution in [2.45, 2.75) is 6.92 Å². The minimum absolute atomic E-state index is 0.0995. The van der Waals surface area contributed by atoms with E-state index in [1.807, 2.05) is 43.6 Å². The Kier molecular flexibility index (Phi) is 4.18. The van der Waals surface area contributed by atoms with E-state index >= 15 is 0 Å². The van der Waals surface area contributed by atoms with E-state index in [1.165, 1.54) is 0 Å². The molecule has 0 aliphatic heterocycles. The van der Waals surface area contributed by atoms with E-state index in [9.17, 15) is 4.79 Å². The number of nitrogens with zero attached hydrogens (tertiary/aromatic N) is 2. The minimum atomic E-state index is -0.377. The Balaban J connectivity index is 2.15. The Morgan fingerprint density at radius 2 is 2.11 bits per heavy atom. The van der Waals surface area contributed by atoms with Gasteiger partial charge in [-0.25, -0.2) is 4.79 Å². The number of esters is 1. The summed E-state index contributed by atoms with van der Waals surface area (Å²) in [6.07, 6.45) is 1.86. The first-order valence-corrected chi connectivity index (χ1v) is 6.08. The van der Waals surface area contributed by atoms with Crippen LogP contribution in [0.15, 0.2) is 36.5 Å². The predicted molar refractivity (Wildman–Crippen MR) is 70.8 cm³/mol. The fraction of sp³-hybridized carbons (Fsp3) is 0.286. The molecule has 19 heavy (non-hydrogen) atoms. The van der Waals surface area contributed by atoms with Gasteiger partial charge in [0.1, 0.15) is 5.75 Å². The summed E-state index contributed by atoms with van der Waals surface area (Å²) in [7, 11) is 1.85. The van der Waals surface area contributed by atoms with Crippen LogP contribution in [0.1, 0.15) is 6.92 Å². The number of aromatic nitrogens is 2. The number of hydrogen-bond donors (Lipinski definition) is 0. The summed E-state index contributed by atoms with van der Waals surface area (Å²) in [5.41, 5.74) is 1.66. The topological polar surface area (TPSA) is 53.4 Å². The summed E-state index contributed by atoms with van der Waals surface area (Å²) in [4.78, 5) is 11.3.